The van der Waals surface area contributed by atoms with Crippen molar-refractivity contribution in [2.75, 3.05) is 56.7 Å². The number of nitrogens with two attached hydrogens (primary N) is 1. The van der Waals surface area contributed by atoms with E-state index in [0.717, 1.165) is 55.0 Å². The first-order chi connectivity index (χ1) is 19.7. The molecule has 1 aromatic carbocycles. The summed E-state index contributed by atoms with van der Waals surface area (Å²) in [6.45, 7) is 7.01. The van der Waals surface area contributed by atoms with E-state index in [9.17, 15) is 10.1 Å². The summed E-state index contributed by atoms with van der Waals surface area (Å²) in [5.74, 6) is 0.664. The van der Waals surface area contributed by atoms with Crippen molar-refractivity contribution in [1.29, 1.82) is 5.26 Å². The number of rotatable bonds is 8. The Morgan fingerprint density at radius 2 is 2.10 bits per heavy atom. The molecule has 1 aromatic heterocycles. The van der Waals surface area contributed by atoms with Crippen molar-refractivity contribution in [3.05, 3.63) is 53.2 Å². The topological polar surface area (TPSA) is 115 Å². The number of nitriles is 1. The molecule has 2 fully saturated rings. The standard InChI is InChI=1S/C30H39ClN8O2/c1-4-27(40)39-16-15-38(18-22(39)10-13-32)28-23-11-14-37(26-8-6-5-7-24(26)31)19-25(23)34-29(35-28)41-20-30(36(2)3)12-9-21(33)17-30/h4-8,21-22H,1,9-12,14-20,33H2,2-3H3/t21?,22-,30?/m0/s1. The van der Waals surface area contributed by atoms with Crippen LogP contribution in [0.5, 0.6) is 6.01 Å². The average Bonchev–Trinajstić information content (AvgIpc) is 3.37. The molecule has 1 saturated carbocycles. The van der Waals surface area contributed by atoms with Crippen molar-refractivity contribution >= 4 is 29.0 Å². The molecule has 5 rings (SSSR count). The monoisotopic (exact) mass is 578 g/mol. The molecule has 3 atom stereocenters. The van der Waals surface area contributed by atoms with E-state index in [1.807, 2.05) is 24.3 Å². The zero-order valence-corrected chi connectivity index (χ0v) is 24.7. The molecule has 1 saturated heterocycles. The van der Waals surface area contributed by atoms with Gasteiger partial charge in [0.05, 0.1) is 47.0 Å². The first-order valence-electron chi connectivity index (χ1n) is 14.2. The largest absolute Gasteiger partial charge is 0.461 e. The minimum atomic E-state index is -0.255. The number of aromatic nitrogens is 2. The number of hydrogen-bond donors (Lipinski definition) is 1. The Labute approximate surface area is 247 Å². The van der Waals surface area contributed by atoms with Gasteiger partial charge in [-0.05, 0) is 58.0 Å². The fourth-order valence-electron chi connectivity index (χ4n) is 6.38. The lowest BCUT2D eigenvalue weighted by Gasteiger charge is -2.42. The molecule has 2 N–H and O–H groups in total. The maximum atomic E-state index is 12.5. The molecule has 0 spiro atoms. The Morgan fingerprint density at radius 3 is 2.78 bits per heavy atom. The summed E-state index contributed by atoms with van der Waals surface area (Å²) in [5.41, 5.74) is 9.08. The summed E-state index contributed by atoms with van der Waals surface area (Å²) in [7, 11) is 4.14. The molecule has 3 heterocycles. The summed E-state index contributed by atoms with van der Waals surface area (Å²) in [5, 5.41) is 10.2. The van der Waals surface area contributed by atoms with Crippen molar-refractivity contribution in [3.8, 4) is 12.1 Å². The van der Waals surface area contributed by atoms with Crippen LogP contribution >= 0.6 is 11.6 Å². The lowest BCUT2D eigenvalue weighted by atomic mass is 9.97. The number of likely N-dealkylation sites (N-methyl/N-ethyl adjacent to an activating group) is 1. The Kier molecular flexibility index (Phi) is 8.68. The summed E-state index contributed by atoms with van der Waals surface area (Å²) < 4.78 is 6.40. The highest BCUT2D eigenvalue weighted by Crippen LogP contribution is 2.36. The summed E-state index contributed by atoms with van der Waals surface area (Å²) in [6, 6.07) is 10.3. The molecule has 11 heteroatoms. The third kappa shape index (κ3) is 5.98. The van der Waals surface area contributed by atoms with Crippen LogP contribution in [0.15, 0.2) is 36.9 Å². The zero-order chi connectivity index (χ0) is 29.1. The number of carbonyl (C=O) groups excluding carboxylic acids is 1. The molecule has 2 aliphatic heterocycles. The van der Waals surface area contributed by atoms with Gasteiger partial charge in [-0.25, -0.2) is 0 Å². The van der Waals surface area contributed by atoms with Gasteiger partial charge in [-0.3, -0.25) is 4.79 Å². The van der Waals surface area contributed by atoms with E-state index >= 15 is 0 Å². The van der Waals surface area contributed by atoms with Crippen LogP contribution in [-0.2, 0) is 17.8 Å². The second kappa shape index (κ2) is 12.2. The van der Waals surface area contributed by atoms with Gasteiger partial charge in [-0.15, -0.1) is 0 Å². The third-order valence-electron chi connectivity index (χ3n) is 8.82. The zero-order valence-electron chi connectivity index (χ0n) is 23.9. The third-order valence-corrected chi connectivity index (χ3v) is 9.14. The van der Waals surface area contributed by atoms with Gasteiger partial charge in [0.1, 0.15) is 12.4 Å². The molecule has 1 amide bonds. The predicted molar refractivity (Wildman–Crippen MR) is 160 cm³/mol. The summed E-state index contributed by atoms with van der Waals surface area (Å²) in [6.07, 6.45) is 5.05. The average molecular weight is 579 g/mol. The van der Waals surface area contributed by atoms with E-state index in [0.29, 0.717) is 43.8 Å². The van der Waals surface area contributed by atoms with Crippen molar-refractivity contribution < 1.29 is 9.53 Å². The maximum absolute atomic E-state index is 12.5. The van der Waals surface area contributed by atoms with E-state index < -0.39 is 0 Å². The number of benzene rings is 1. The SMILES string of the molecule is C=CC(=O)N1CCN(c2nc(OCC3(N(C)C)CCC(N)C3)nc3c2CCN(c2ccccc2Cl)C3)C[C@@H]1CC#N. The number of piperazine rings is 1. The van der Waals surface area contributed by atoms with E-state index in [4.69, 9.17) is 32.0 Å². The second-order valence-corrected chi connectivity index (χ2v) is 11.9. The van der Waals surface area contributed by atoms with Crippen LogP contribution in [0.2, 0.25) is 5.02 Å². The predicted octanol–water partition coefficient (Wildman–Crippen LogP) is 3.00. The smallest absolute Gasteiger partial charge is 0.318 e. The lowest BCUT2D eigenvalue weighted by Crippen LogP contribution is -2.55. The number of nitrogens with zero attached hydrogens (tertiary/aromatic N) is 7. The Bertz CT molecular complexity index is 1330. The van der Waals surface area contributed by atoms with E-state index in [1.54, 1.807) is 4.90 Å². The van der Waals surface area contributed by atoms with Gasteiger partial charge >= 0.3 is 6.01 Å². The van der Waals surface area contributed by atoms with Gasteiger partial charge in [0.25, 0.3) is 0 Å². The molecular formula is C30H39ClN8O2. The number of ether oxygens (including phenoxy) is 1. The molecule has 2 aromatic rings. The van der Waals surface area contributed by atoms with Gasteiger partial charge in [-0.2, -0.15) is 15.2 Å². The van der Waals surface area contributed by atoms with E-state index in [2.05, 4.69) is 41.4 Å². The molecule has 0 bridgehead atoms. The fourth-order valence-corrected chi connectivity index (χ4v) is 6.63. The van der Waals surface area contributed by atoms with Crippen molar-refractivity contribution in [3.63, 3.8) is 0 Å². The maximum Gasteiger partial charge on any atom is 0.318 e. The van der Waals surface area contributed by atoms with Crippen LogP contribution in [0.1, 0.15) is 36.9 Å². The van der Waals surface area contributed by atoms with Crippen LogP contribution in [-0.4, -0.2) is 90.2 Å². The molecule has 41 heavy (non-hydrogen) atoms. The minimum absolute atomic E-state index is 0.150. The van der Waals surface area contributed by atoms with Gasteiger partial charge in [0, 0.05) is 37.8 Å². The van der Waals surface area contributed by atoms with E-state index in [1.165, 1.54) is 6.08 Å². The Morgan fingerprint density at radius 1 is 1.29 bits per heavy atom. The van der Waals surface area contributed by atoms with Crippen molar-refractivity contribution in [2.24, 2.45) is 5.73 Å². The molecule has 0 radical (unpaired) electrons. The molecule has 3 aliphatic rings. The number of carbonyl (C=O) groups is 1. The fraction of sp³-hybridized carbons (Fsp3) is 0.533. The van der Waals surface area contributed by atoms with Crippen LogP contribution in [0.25, 0.3) is 0 Å². The van der Waals surface area contributed by atoms with Gasteiger partial charge < -0.3 is 30.1 Å². The first-order valence-corrected chi connectivity index (χ1v) is 14.6. The number of anilines is 2. The van der Waals surface area contributed by atoms with Gasteiger partial charge in [0.2, 0.25) is 5.91 Å². The van der Waals surface area contributed by atoms with Crippen LogP contribution in [0.4, 0.5) is 11.5 Å². The quantitative estimate of drug-likeness (QED) is 0.472. The highest BCUT2D eigenvalue weighted by molar-refractivity contribution is 6.33. The van der Waals surface area contributed by atoms with Crippen molar-refractivity contribution in [2.45, 2.75) is 56.3 Å². The summed E-state index contributed by atoms with van der Waals surface area (Å²) >= 11 is 6.56. The normalized spacial score (nSPS) is 24.2. The molecular weight excluding hydrogens is 540 g/mol. The van der Waals surface area contributed by atoms with Crippen LogP contribution < -0.4 is 20.3 Å². The Balaban J connectivity index is 1.47. The lowest BCUT2D eigenvalue weighted by molar-refractivity contribution is -0.128. The highest BCUT2D eigenvalue weighted by Gasteiger charge is 2.41. The van der Waals surface area contributed by atoms with E-state index in [-0.39, 0.29) is 30.0 Å². The minimum Gasteiger partial charge on any atom is -0.461 e. The molecule has 1 aliphatic carbocycles. The first kappa shape index (κ1) is 29.1. The number of amides is 1. The number of halogens is 1. The molecule has 2 unspecified atom stereocenters. The van der Waals surface area contributed by atoms with Crippen molar-refractivity contribution in [1.82, 2.24) is 19.8 Å². The van der Waals surface area contributed by atoms with Gasteiger partial charge in [0.15, 0.2) is 0 Å². The number of fused-ring (bicyclic) bond motifs is 1. The second-order valence-electron chi connectivity index (χ2n) is 11.5. The number of hydrogen-bond acceptors (Lipinski definition) is 9. The van der Waals surface area contributed by atoms with Gasteiger partial charge in [-0.1, -0.05) is 30.3 Å². The Hall–Kier alpha value is -3.39. The summed E-state index contributed by atoms with van der Waals surface area (Å²) in [4.78, 5) is 30.8. The molecule has 218 valence electrons. The van der Waals surface area contributed by atoms with Crippen LogP contribution in [0.3, 0.4) is 0 Å². The molecule has 10 nitrogen and oxygen atoms in total. The highest BCUT2D eigenvalue weighted by atomic mass is 35.5. The number of para-hydroxylation sites is 1. The van der Waals surface area contributed by atoms with Crippen LogP contribution in [0, 0.1) is 11.3 Å².